The second kappa shape index (κ2) is 11.5. The monoisotopic (exact) mass is 430 g/mol. The van der Waals surface area contributed by atoms with E-state index in [9.17, 15) is 19.6 Å². The summed E-state index contributed by atoms with van der Waals surface area (Å²) in [7, 11) is 0. The van der Waals surface area contributed by atoms with Gasteiger partial charge in [0.15, 0.2) is 0 Å². The van der Waals surface area contributed by atoms with Crippen LogP contribution in [-0.2, 0) is 16.1 Å². The minimum Gasteiger partial charge on any atom is -0.478 e. The Morgan fingerprint density at radius 3 is 2.39 bits per heavy atom. The van der Waals surface area contributed by atoms with Crippen molar-refractivity contribution in [1.82, 2.24) is 25.0 Å². The van der Waals surface area contributed by atoms with Gasteiger partial charge < -0.3 is 25.3 Å². The molecule has 3 aromatic rings. The normalized spacial score (nSPS) is 10.3. The lowest BCUT2D eigenvalue weighted by Gasteiger charge is -2.04. The van der Waals surface area contributed by atoms with Gasteiger partial charge in [0.05, 0.1) is 6.33 Å². The van der Waals surface area contributed by atoms with Crippen LogP contribution < -0.4 is 10.2 Å². The maximum atomic E-state index is 12.2. The van der Waals surface area contributed by atoms with Crippen LogP contribution in [0.15, 0.2) is 60.0 Å². The maximum Gasteiger partial charge on any atom is 0.328 e. The second-order valence-corrected chi connectivity index (χ2v) is 5.78. The van der Waals surface area contributed by atoms with Gasteiger partial charge in [0, 0.05) is 60.7 Å². The fourth-order valence-corrected chi connectivity index (χ4v) is 2.25. The van der Waals surface area contributed by atoms with E-state index in [1.807, 2.05) is 10.8 Å². The number of amides is 1. The molecule has 0 radical (unpaired) electrons. The Bertz CT molecular complexity index is 1020. The quantitative estimate of drug-likeness (QED) is 0.251. The standard InChI is InChI=1S/C14H14N6O3.C4H4O4/c21-14(17-4-1-8-19-9-7-16-10-19)13-12(18-23-20(13)22)11-2-5-15-6-3-11;5-3(6)1-2-4(7)8/h2-3,5-7,9-10H,1,4,8H2,(H,17,21);1-2H,(H,5,6)(H,7,8)/b;2-1+. The smallest absolute Gasteiger partial charge is 0.328 e. The summed E-state index contributed by atoms with van der Waals surface area (Å²) in [4.78, 5) is 39.3. The van der Waals surface area contributed by atoms with E-state index in [-0.39, 0.29) is 16.3 Å². The van der Waals surface area contributed by atoms with Crippen molar-refractivity contribution in [1.29, 1.82) is 0 Å². The molecule has 0 saturated heterocycles. The van der Waals surface area contributed by atoms with Crippen molar-refractivity contribution in [2.24, 2.45) is 0 Å². The molecule has 0 spiro atoms. The van der Waals surface area contributed by atoms with Crippen molar-refractivity contribution in [3.63, 3.8) is 0 Å². The van der Waals surface area contributed by atoms with Gasteiger partial charge in [0.1, 0.15) is 0 Å². The molecule has 0 unspecified atom stereocenters. The Balaban J connectivity index is 0.000000366. The third-order valence-electron chi connectivity index (χ3n) is 3.59. The Hall–Kier alpha value is -4.55. The van der Waals surface area contributed by atoms with Crippen LogP contribution >= 0.6 is 0 Å². The van der Waals surface area contributed by atoms with Crippen molar-refractivity contribution < 1.29 is 34.1 Å². The van der Waals surface area contributed by atoms with E-state index in [2.05, 4.69) is 25.1 Å². The molecule has 0 aliphatic carbocycles. The molecule has 31 heavy (non-hydrogen) atoms. The number of aliphatic carboxylic acids is 2. The summed E-state index contributed by atoms with van der Waals surface area (Å²) in [6.07, 6.45) is 10.2. The third kappa shape index (κ3) is 7.41. The van der Waals surface area contributed by atoms with E-state index < -0.39 is 17.8 Å². The molecule has 0 aliphatic heterocycles. The first-order valence-corrected chi connectivity index (χ1v) is 8.76. The lowest BCUT2D eigenvalue weighted by Crippen LogP contribution is -2.38. The number of nitrogens with zero attached hydrogens (tertiary/aromatic N) is 5. The Morgan fingerprint density at radius 2 is 1.81 bits per heavy atom. The van der Waals surface area contributed by atoms with Gasteiger partial charge in [-0.1, -0.05) is 0 Å². The Labute approximate surface area is 174 Å². The summed E-state index contributed by atoms with van der Waals surface area (Å²) >= 11 is 0. The number of nitrogens with one attached hydrogen (secondary N) is 1. The van der Waals surface area contributed by atoms with E-state index in [0.29, 0.717) is 30.7 Å². The first-order valence-electron chi connectivity index (χ1n) is 8.76. The highest BCUT2D eigenvalue weighted by atomic mass is 16.8. The average molecular weight is 430 g/mol. The van der Waals surface area contributed by atoms with Gasteiger partial charge >= 0.3 is 11.9 Å². The first kappa shape index (κ1) is 22.7. The molecule has 3 rings (SSSR count). The van der Waals surface area contributed by atoms with Crippen molar-refractivity contribution in [3.8, 4) is 11.3 Å². The van der Waals surface area contributed by atoms with Crippen LogP contribution in [-0.4, -0.2) is 54.3 Å². The minimum absolute atomic E-state index is 0.112. The van der Waals surface area contributed by atoms with Gasteiger partial charge in [0.2, 0.25) is 0 Å². The van der Waals surface area contributed by atoms with Gasteiger partial charge in [-0.15, -0.1) is 0 Å². The molecule has 0 atom stereocenters. The fourth-order valence-electron chi connectivity index (χ4n) is 2.25. The molecule has 3 aromatic heterocycles. The molecular formula is C18H18N6O7. The molecular weight excluding hydrogens is 412 g/mol. The van der Waals surface area contributed by atoms with Crippen molar-refractivity contribution in [2.75, 3.05) is 6.54 Å². The van der Waals surface area contributed by atoms with E-state index in [0.717, 1.165) is 6.54 Å². The number of imidazole rings is 1. The lowest BCUT2D eigenvalue weighted by atomic mass is 10.1. The van der Waals surface area contributed by atoms with Crippen LogP contribution in [0, 0.1) is 5.21 Å². The highest BCUT2D eigenvalue weighted by Crippen LogP contribution is 2.18. The van der Waals surface area contributed by atoms with E-state index in [1.54, 1.807) is 37.1 Å². The topological polar surface area (TPSA) is 187 Å². The number of aryl methyl sites for hydroxylation is 1. The van der Waals surface area contributed by atoms with Crippen LogP contribution in [0.4, 0.5) is 0 Å². The largest absolute Gasteiger partial charge is 0.478 e. The maximum absolute atomic E-state index is 12.2. The van der Waals surface area contributed by atoms with E-state index in [1.165, 1.54) is 0 Å². The van der Waals surface area contributed by atoms with Gasteiger partial charge in [-0.25, -0.2) is 14.6 Å². The zero-order chi connectivity index (χ0) is 22.6. The van der Waals surface area contributed by atoms with E-state index >= 15 is 0 Å². The number of aromatic nitrogens is 5. The number of hydrogen-bond acceptors (Lipinski definition) is 8. The summed E-state index contributed by atoms with van der Waals surface area (Å²) in [6.45, 7) is 1.14. The van der Waals surface area contributed by atoms with Crippen LogP contribution in [0.1, 0.15) is 16.9 Å². The van der Waals surface area contributed by atoms with Gasteiger partial charge in [-0.3, -0.25) is 14.4 Å². The Morgan fingerprint density at radius 1 is 1.13 bits per heavy atom. The summed E-state index contributed by atoms with van der Waals surface area (Å²) in [5.41, 5.74) is 0.607. The van der Waals surface area contributed by atoms with Gasteiger partial charge in [0.25, 0.3) is 17.3 Å². The second-order valence-electron chi connectivity index (χ2n) is 5.78. The summed E-state index contributed by atoms with van der Waals surface area (Å²) in [6, 6.07) is 3.29. The van der Waals surface area contributed by atoms with Crippen molar-refractivity contribution >= 4 is 17.8 Å². The van der Waals surface area contributed by atoms with Crippen LogP contribution in [0.25, 0.3) is 11.3 Å². The molecule has 1 amide bonds. The molecule has 0 fully saturated rings. The van der Waals surface area contributed by atoms with Crippen LogP contribution in [0.5, 0.6) is 0 Å². The lowest BCUT2D eigenvalue weighted by molar-refractivity contribution is -0.803. The number of hydrogen-bond donors (Lipinski definition) is 3. The molecule has 13 nitrogen and oxygen atoms in total. The number of carboxylic acid groups (broad SMARTS) is 2. The highest BCUT2D eigenvalue weighted by Gasteiger charge is 2.27. The minimum atomic E-state index is -1.26. The zero-order valence-electron chi connectivity index (χ0n) is 16.0. The number of carbonyl (C=O) groups is 3. The SMILES string of the molecule is O=C(NCCCn1ccnc1)c1c(-c2ccncc2)no[n+]1[O-].O=C(O)/C=C/C(=O)O. The summed E-state index contributed by atoms with van der Waals surface area (Å²) in [5, 5.41) is 33.6. The zero-order valence-corrected chi connectivity index (χ0v) is 16.0. The molecule has 3 heterocycles. The fraction of sp³-hybridized carbons (Fsp3) is 0.167. The van der Waals surface area contributed by atoms with Crippen molar-refractivity contribution in [3.05, 3.63) is 66.3 Å². The average Bonchev–Trinajstić information content (AvgIpc) is 3.40. The summed E-state index contributed by atoms with van der Waals surface area (Å²) < 4.78 is 6.46. The molecule has 0 saturated carbocycles. The number of carbonyl (C=O) groups excluding carboxylic acids is 1. The molecule has 13 heteroatoms. The van der Waals surface area contributed by atoms with Crippen LogP contribution in [0.3, 0.4) is 0 Å². The number of carboxylic acids is 2. The van der Waals surface area contributed by atoms with Crippen molar-refractivity contribution in [2.45, 2.75) is 13.0 Å². The number of rotatable bonds is 8. The van der Waals surface area contributed by atoms with Gasteiger partial charge in [-0.05, 0) is 23.5 Å². The predicted molar refractivity (Wildman–Crippen MR) is 102 cm³/mol. The summed E-state index contributed by atoms with van der Waals surface area (Å²) in [5.74, 6) is -3.04. The highest BCUT2D eigenvalue weighted by molar-refractivity contribution is 5.96. The molecule has 0 aromatic carbocycles. The Kier molecular flexibility index (Phi) is 8.40. The third-order valence-corrected chi connectivity index (χ3v) is 3.59. The predicted octanol–water partition coefficient (Wildman–Crippen LogP) is 0.0984. The van der Waals surface area contributed by atoms with Gasteiger partial charge in [-0.2, -0.15) is 0 Å². The molecule has 3 N–H and O–H groups in total. The van der Waals surface area contributed by atoms with Crippen LogP contribution in [0.2, 0.25) is 0 Å². The first-order chi connectivity index (χ1) is 14.9. The molecule has 0 aliphatic rings. The molecule has 162 valence electrons. The molecule has 0 bridgehead atoms. The number of pyridine rings is 1. The van der Waals surface area contributed by atoms with E-state index in [4.69, 9.17) is 10.2 Å².